The van der Waals surface area contributed by atoms with Crippen LogP contribution in [0.4, 0.5) is 5.95 Å². The fourth-order valence-corrected chi connectivity index (χ4v) is 1.26. The second-order valence-electron chi connectivity index (χ2n) is 3.42. The molecule has 6 nitrogen and oxygen atoms in total. The molecule has 15 heavy (non-hydrogen) atoms. The Kier molecular flexibility index (Phi) is 2.40. The third-order valence-corrected chi connectivity index (χ3v) is 2.33. The number of rotatable bonds is 3. The molecule has 0 saturated heterocycles. The molecule has 1 saturated carbocycles. The Hall–Kier alpha value is -1.85. The van der Waals surface area contributed by atoms with Crippen LogP contribution in [0.2, 0.25) is 0 Å². The number of nitrogens with two attached hydrogens (primary N) is 1. The maximum absolute atomic E-state index is 10.8. The van der Waals surface area contributed by atoms with Crippen LogP contribution < -0.4 is 10.5 Å². The van der Waals surface area contributed by atoms with E-state index in [1.807, 2.05) is 0 Å². The van der Waals surface area contributed by atoms with Crippen LogP contribution in [0.5, 0.6) is 5.88 Å². The van der Waals surface area contributed by atoms with Crippen molar-refractivity contribution in [1.82, 2.24) is 9.97 Å². The zero-order chi connectivity index (χ0) is 10.8. The molecule has 1 heterocycles. The molecule has 2 rings (SSSR count). The van der Waals surface area contributed by atoms with Gasteiger partial charge in [0.1, 0.15) is 11.7 Å². The molecule has 0 unspecified atom stereocenters. The number of nitrogens with zero attached hydrogens (tertiary/aromatic N) is 2. The van der Waals surface area contributed by atoms with E-state index in [9.17, 15) is 4.79 Å². The van der Waals surface area contributed by atoms with E-state index in [1.54, 1.807) is 0 Å². The molecule has 1 aliphatic rings. The van der Waals surface area contributed by atoms with Gasteiger partial charge in [0.2, 0.25) is 11.8 Å². The van der Waals surface area contributed by atoms with Crippen molar-refractivity contribution in [1.29, 1.82) is 0 Å². The van der Waals surface area contributed by atoms with Gasteiger partial charge in [0.25, 0.3) is 0 Å². The lowest BCUT2D eigenvalue weighted by Crippen LogP contribution is -2.26. The normalized spacial score (nSPS) is 15.7. The van der Waals surface area contributed by atoms with Crippen molar-refractivity contribution in [3.8, 4) is 5.88 Å². The molecule has 1 aromatic heterocycles. The molecule has 0 radical (unpaired) electrons. The maximum Gasteiger partial charge on any atom is 0.342 e. The first-order chi connectivity index (χ1) is 7.16. The van der Waals surface area contributed by atoms with Crippen LogP contribution in [0.3, 0.4) is 0 Å². The zero-order valence-electron chi connectivity index (χ0n) is 8.01. The van der Waals surface area contributed by atoms with Gasteiger partial charge in [-0.3, -0.25) is 0 Å². The predicted molar refractivity (Wildman–Crippen MR) is 51.7 cm³/mol. The van der Waals surface area contributed by atoms with E-state index in [-0.39, 0.29) is 23.5 Å². The van der Waals surface area contributed by atoms with Crippen molar-refractivity contribution in [2.45, 2.75) is 25.4 Å². The van der Waals surface area contributed by atoms with Crippen molar-refractivity contribution < 1.29 is 14.6 Å². The number of aromatic nitrogens is 2. The number of nitrogen functional groups attached to an aromatic ring is 1. The smallest absolute Gasteiger partial charge is 0.342 e. The summed E-state index contributed by atoms with van der Waals surface area (Å²) >= 11 is 0. The molecular weight excluding hydrogens is 198 g/mol. The van der Waals surface area contributed by atoms with Crippen molar-refractivity contribution >= 4 is 11.9 Å². The lowest BCUT2D eigenvalue weighted by Gasteiger charge is -2.26. The molecule has 0 atom stereocenters. The van der Waals surface area contributed by atoms with E-state index in [1.165, 1.54) is 6.20 Å². The third-order valence-electron chi connectivity index (χ3n) is 2.33. The number of anilines is 1. The summed E-state index contributed by atoms with van der Waals surface area (Å²) in [5.41, 5.74) is 5.32. The number of hydrogen-bond acceptors (Lipinski definition) is 5. The molecule has 0 aromatic carbocycles. The lowest BCUT2D eigenvalue weighted by molar-refractivity contribution is 0.0675. The summed E-state index contributed by atoms with van der Waals surface area (Å²) in [5, 5.41) is 8.86. The number of hydrogen-bond donors (Lipinski definition) is 2. The van der Waals surface area contributed by atoms with E-state index < -0.39 is 5.97 Å². The van der Waals surface area contributed by atoms with Gasteiger partial charge in [-0.05, 0) is 19.3 Å². The Morgan fingerprint density at radius 3 is 2.87 bits per heavy atom. The quantitative estimate of drug-likeness (QED) is 0.759. The number of carboxylic acid groups (broad SMARTS) is 1. The first-order valence-corrected chi connectivity index (χ1v) is 4.69. The van der Waals surface area contributed by atoms with E-state index in [4.69, 9.17) is 15.6 Å². The van der Waals surface area contributed by atoms with E-state index >= 15 is 0 Å². The summed E-state index contributed by atoms with van der Waals surface area (Å²) in [6.07, 6.45) is 4.20. The molecule has 0 spiro atoms. The van der Waals surface area contributed by atoms with E-state index in [0.29, 0.717) is 0 Å². The van der Waals surface area contributed by atoms with E-state index in [2.05, 4.69) is 9.97 Å². The monoisotopic (exact) mass is 209 g/mol. The van der Waals surface area contributed by atoms with Crippen LogP contribution in [-0.2, 0) is 0 Å². The molecule has 0 amide bonds. The zero-order valence-corrected chi connectivity index (χ0v) is 8.01. The largest absolute Gasteiger partial charge is 0.477 e. The first kappa shape index (κ1) is 9.70. The Bertz CT molecular complexity index is 390. The average molecular weight is 209 g/mol. The number of ether oxygens (including phenoxy) is 1. The highest BCUT2D eigenvalue weighted by molar-refractivity contribution is 5.89. The Morgan fingerprint density at radius 1 is 1.60 bits per heavy atom. The summed E-state index contributed by atoms with van der Waals surface area (Å²) < 4.78 is 5.41. The fourth-order valence-electron chi connectivity index (χ4n) is 1.26. The van der Waals surface area contributed by atoms with Crippen LogP contribution in [0.25, 0.3) is 0 Å². The highest BCUT2D eigenvalue weighted by atomic mass is 16.5. The van der Waals surface area contributed by atoms with E-state index in [0.717, 1.165) is 19.3 Å². The Morgan fingerprint density at radius 2 is 2.33 bits per heavy atom. The highest BCUT2D eigenvalue weighted by Gasteiger charge is 2.23. The number of aromatic carboxylic acids is 1. The van der Waals surface area contributed by atoms with Gasteiger partial charge in [-0.1, -0.05) is 0 Å². The van der Waals surface area contributed by atoms with Gasteiger partial charge in [0.15, 0.2) is 0 Å². The minimum Gasteiger partial charge on any atom is -0.477 e. The van der Waals surface area contributed by atoms with Crippen LogP contribution in [-0.4, -0.2) is 27.1 Å². The Labute approximate surface area is 86.1 Å². The molecule has 1 fully saturated rings. The molecule has 1 aliphatic carbocycles. The fraction of sp³-hybridized carbons (Fsp3) is 0.444. The van der Waals surface area contributed by atoms with Crippen LogP contribution in [0, 0.1) is 0 Å². The van der Waals surface area contributed by atoms with Crippen molar-refractivity contribution in [3.05, 3.63) is 11.8 Å². The summed E-state index contributed by atoms with van der Waals surface area (Å²) in [6, 6.07) is 0. The van der Waals surface area contributed by atoms with Crippen molar-refractivity contribution in [3.63, 3.8) is 0 Å². The summed E-state index contributed by atoms with van der Waals surface area (Å²) in [4.78, 5) is 18.2. The van der Waals surface area contributed by atoms with Crippen LogP contribution >= 0.6 is 0 Å². The topological polar surface area (TPSA) is 98.3 Å². The maximum atomic E-state index is 10.8. The van der Waals surface area contributed by atoms with Gasteiger partial charge >= 0.3 is 5.97 Å². The van der Waals surface area contributed by atoms with Crippen LogP contribution in [0.15, 0.2) is 6.20 Å². The van der Waals surface area contributed by atoms with Gasteiger partial charge < -0.3 is 15.6 Å². The summed E-state index contributed by atoms with van der Waals surface area (Å²) in [7, 11) is 0. The lowest BCUT2D eigenvalue weighted by atomic mass is 9.96. The molecule has 1 aromatic rings. The second kappa shape index (κ2) is 3.72. The molecule has 0 aliphatic heterocycles. The summed E-state index contributed by atoms with van der Waals surface area (Å²) in [5.74, 6) is -1.02. The highest BCUT2D eigenvalue weighted by Crippen LogP contribution is 2.26. The minimum atomic E-state index is -1.11. The standard InChI is InChI=1S/C9H11N3O3/c10-9-11-4-6(8(13)14)7(12-9)15-5-2-1-3-5/h4-5H,1-3H2,(H,13,14)(H2,10,11,12). The van der Waals surface area contributed by atoms with Gasteiger partial charge in [-0.15, -0.1) is 0 Å². The van der Waals surface area contributed by atoms with Crippen molar-refractivity contribution in [2.75, 3.05) is 5.73 Å². The molecular formula is C9H11N3O3. The van der Waals surface area contributed by atoms with Gasteiger partial charge in [-0.25, -0.2) is 9.78 Å². The van der Waals surface area contributed by atoms with Gasteiger partial charge in [-0.2, -0.15) is 4.98 Å². The minimum absolute atomic E-state index is 0.0225. The SMILES string of the molecule is Nc1ncc(C(=O)O)c(OC2CCC2)n1. The second-order valence-corrected chi connectivity index (χ2v) is 3.42. The summed E-state index contributed by atoms with van der Waals surface area (Å²) in [6.45, 7) is 0. The average Bonchev–Trinajstić information content (AvgIpc) is 2.11. The molecule has 80 valence electrons. The van der Waals surface area contributed by atoms with Crippen LogP contribution in [0.1, 0.15) is 29.6 Å². The molecule has 0 bridgehead atoms. The Balaban J connectivity index is 2.24. The third kappa shape index (κ3) is 1.98. The van der Waals surface area contributed by atoms with Crippen molar-refractivity contribution in [2.24, 2.45) is 0 Å². The first-order valence-electron chi connectivity index (χ1n) is 4.69. The molecule has 6 heteroatoms. The van der Waals surface area contributed by atoms with Gasteiger partial charge in [0.05, 0.1) is 6.20 Å². The number of carbonyl (C=O) groups is 1. The predicted octanol–water partition coefficient (Wildman–Crippen LogP) is 0.688. The number of carboxylic acids is 1. The van der Waals surface area contributed by atoms with Gasteiger partial charge in [0, 0.05) is 0 Å². The molecule has 3 N–H and O–H groups in total.